The van der Waals surface area contributed by atoms with E-state index in [4.69, 9.17) is 14.2 Å². The van der Waals surface area contributed by atoms with Gasteiger partial charge in [-0.05, 0) is 36.0 Å². The van der Waals surface area contributed by atoms with Crippen LogP contribution in [-0.4, -0.2) is 44.1 Å². The molecular weight excluding hydrogens is 372 g/mol. The fourth-order valence-electron chi connectivity index (χ4n) is 3.27. The zero-order chi connectivity index (χ0) is 16.7. The van der Waals surface area contributed by atoms with Gasteiger partial charge in [-0.15, -0.1) is 11.8 Å². The number of alkyl halides is 1. The van der Waals surface area contributed by atoms with Crippen molar-refractivity contribution in [1.29, 1.82) is 0 Å². The van der Waals surface area contributed by atoms with Gasteiger partial charge in [0.25, 0.3) is 0 Å². The minimum absolute atomic E-state index is 0.118. The van der Waals surface area contributed by atoms with E-state index in [-0.39, 0.29) is 13.0 Å². The highest BCUT2D eigenvalue weighted by Crippen LogP contribution is 2.39. The summed E-state index contributed by atoms with van der Waals surface area (Å²) >= 11 is 6.36. The van der Waals surface area contributed by atoms with Gasteiger partial charge in [0, 0.05) is 12.6 Å². The topological polar surface area (TPSA) is 69.4 Å². The van der Waals surface area contributed by atoms with E-state index in [1.807, 2.05) is 6.20 Å². The van der Waals surface area contributed by atoms with Gasteiger partial charge in [0.2, 0.25) is 0 Å². The van der Waals surface area contributed by atoms with E-state index in [1.54, 1.807) is 16.3 Å². The third-order valence-corrected chi connectivity index (χ3v) is 6.12. The summed E-state index contributed by atoms with van der Waals surface area (Å²) in [6.45, 7) is 0.118. The first-order valence-corrected chi connectivity index (χ1v) is 11.2. The molecule has 1 saturated heterocycles. The van der Waals surface area contributed by atoms with Gasteiger partial charge in [-0.2, -0.15) is 0 Å². The number of nitrogens with zero attached hydrogens (tertiary/aromatic N) is 3. The summed E-state index contributed by atoms with van der Waals surface area (Å²) in [6.07, 6.45) is 3.37. The smallest absolute Gasteiger partial charge is 0.173 e. The molecule has 2 aliphatic rings. The molecule has 0 radical (unpaired) electrons. The Morgan fingerprint density at radius 2 is 2.42 bits per heavy atom. The Morgan fingerprint density at radius 3 is 3.25 bits per heavy atom. The number of aryl methyl sites for hydroxylation is 1. The van der Waals surface area contributed by atoms with E-state index < -0.39 is 25.7 Å². The molecule has 0 amide bonds. The van der Waals surface area contributed by atoms with Gasteiger partial charge in [0.05, 0.1) is 18.1 Å². The van der Waals surface area contributed by atoms with Gasteiger partial charge in [-0.1, -0.05) is 0 Å². The molecule has 4 atom stereocenters. The third kappa shape index (κ3) is 3.13. The van der Waals surface area contributed by atoms with E-state index in [0.29, 0.717) is 5.65 Å². The molecule has 6 nitrogen and oxygen atoms in total. The van der Waals surface area contributed by atoms with E-state index in [1.165, 1.54) is 6.33 Å². The van der Waals surface area contributed by atoms with Gasteiger partial charge in [0.15, 0.2) is 13.4 Å². The van der Waals surface area contributed by atoms with Crippen molar-refractivity contribution >= 4 is 41.8 Å². The average molecular weight is 389 g/mol. The van der Waals surface area contributed by atoms with Crippen molar-refractivity contribution in [2.24, 2.45) is 0 Å². The van der Waals surface area contributed by atoms with Crippen LogP contribution in [0.3, 0.4) is 0 Å². The molecule has 130 valence electrons. The van der Waals surface area contributed by atoms with Crippen LogP contribution in [0, 0.1) is 0 Å². The number of ether oxygens (including phenoxy) is 1. The fraction of sp³-hybridized carbons (Fsp3) is 0.571. The second kappa shape index (κ2) is 6.97. The first-order valence-electron chi connectivity index (χ1n) is 7.76. The van der Waals surface area contributed by atoms with Gasteiger partial charge >= 0.3 is 0 Å². The van der Waals surface area contributed by atoms with Crippen LogP contribution < -0.4 is 0 Å². The molecule has 1 fully saturated rings. The molecule has 2 aromatic rings. The molecule has 0 spiro atoms. The Bertz CT molecular complexity index is 790. The first kappa shape index (κ1) is 16.9. The average Bonchev–Trinajstić information content (AvgIpc) is 3.02. The molecule has 4 rings (SSSR count). The Morgan fingerprint density at radius 1 is 1.54 bits per heavy atom. The summed E-state index contributed by atoms with van der Waals surface area (Å²) in [4.78, 5) is 17.9. The molecule has 0 bridgehead atoms. The van der Waals surface area contributed by atoms with Crippen LogP contribution >= 0.6 is 18.9 Å². The maximum atomic E-state index is 14.6. The van der Waals surface area contributed by atoms with Crippen molar-refractivity contribution in [3.8, 4) is 0 Å². The number of aromatic nitrogens is 3. The zero-order valence-electron chi connectivity index (χ0n) is 12.7. The number of thioether (sulfide) groups is 1. The zero-order valence-corrected chi connectivity index (χ0v) is 15.4. The number of hydrogen-bond acceptors (Lipinski definition) is 6. The Balaban J connectivity index is 1.66. The van der Waals surface area contributed by atoms with Crippen molar-refractivity contribution in [3.63, 3.8) is 0 Å². The lowest BCUT2D eigenvalue weighted by molar-refractivity contribution is -0.0303. The van der Waals surface area contributed by atoms with Crippen LogP contribution in [0.15, 0.2) is 17.6 Å². The normalized spacial score (nSPS) is 28.2. The van der Waals surface area contributed by atoms with Crippen LogP contribution in [0.1, 0.15) is 24.6 Å². The summed E-state index contributed by atoms with van der Waals surface area (Å²) in [5.74, 6) is 1.03. The Hall–Kier alpha value is -0.570. The second-order valence-electron chi connectivity index (χ2n) is 5.87. The number of rotatable bonds is 4. The molecule has 2 aliphatic heterocycles. The van der Waals surface area contributed by atoms with Crippen LogP contribution in [0.25, 0.3) is 11.0 Å². The van der Waals surface area contributed by atoms with Gasteiger partial charge in [-0.3, -0.25) is 0 Å². The highest BCUT2D eigenvalue weighted by molar-refractivity contribution is 8.00. The highest BCUT2D eigenvalue weighted by atomic mass is 32.4. The summed E-state index contributed by atoms with van der Waals surface area (Å²) in [5, 5.41) is 1.97. The first-order chi connectivity index (χ1) is 11.6. The van der Waals surface area contributed by atoms with Crippen LogP contribution in [-0.2, 0) is 27.5 Å². The van der Waals surface area contributed by atoms with Crippen molar-refractivity contribution in [2.45, 2.75) is 42.8 Å². The largest absolute Gasteiger partial charge is 0.349 e. The molecule has 24 heavy (non-hydrogen) atoms. The summed E-state index contributed by atoms with van der Waals surface area (Å²) in [5.41, 5.74) is 1.86. The number of hydrogen-bond donors (Lipinski definition) is 1. The predicted octanol–water partition coefficient (Wildman–Crippen LogP) is 2.61. The molecule has 10 heteroatoms. The Kier molecular flexibility index (Phi) is 4.90. The quantitative estimate of drug-likeness (QED) is 0.637. The van der Waals surface area contributed by atoms with Gasteiger partial charge in [0.1, 0.15) is 23.2 Å². The SMILES string of the molecule is O[PH](=S)OC[C@@H]1C[C@@H](F)[C@H](n2cc3c4c(ncnc42)SCCC3)O1. The van der Waals surface area contributed by atoms with Crippen molar-refractivity contribution in [2.75, 3.05) is 12.4 Å². The third-order valence-electron chi connectivity index (χ3n) is 4.28. The van der Waals surface area contributed by atoms with E-state index in [9.17, 15) is 4.39 Å². The molecule has 0 saturated carbocycles. The van der Waals surface area contributed by atoms with E-state index in [0.717, 1.165) is 34.6 Å². The fourth-order valence-corrected chi connectivity index (χ4v) is 4.78. The minimum atomic E-state index is -2.20. The second-order valence-corrected chi connectivity index (χ2v) is 8.82. The van der Waals surface area contributed by atoms with Crippen molar-refractivity contribution in [3.05, 3.63) is 18.1 Å². The van der Waals surface area contributed by atoms with Crippen LogP contribution in [0.5, 0.6) is 0 Å². The standard InChI is InChI=1S/C14H17FN3O3PS2/c15-10-4-9(6-20-22(19)23)21-14(10)18-5-8-2-1-3-24-13-11(8)12(18)16-7-17-13/h5,7,9-10,14,22H,1-4,6H2,(H,19,23)/t9-,10+,14+/m0/s1. The van der Waals surface area contributed by atoms with Gasteiger partial charge < -0.3 is 18.7 Å². The lowest BCUT2D eigenvalue weighted by atomic mass is 10.1. The molecule has 2 aromatic heterocycles. The maximum absolute atomic E-state index is 14.6. The summed E-state index contributed by atoms with van der Waals surface area (Å²) in [7, 11) is -2.20. The highest BCUT2D eigenvalue weighted by Gasteiger charge is 2.38. The minimum Gasteiger partial charge on any atom is -0.349 e. The summed E-state index contributed by atoms with van der Waals surface area (Å²) in [6, 6.07) is 0. The monoisotopic (exact) mass is 389 g/mol. The molecule has 0 aromatic carbocycles. The van der Waals surface area contributed by atoms with E-state index >= 15 is 0 Å². The lowest BCUT2D eigenvalue weighted by Gasteiger charge is -2.17. The number of halogens is 1. The molecule has 1 N–H and O–H groups in total. The summed E-state index contributed by atoms with van der Waals surface area (Å²) < 4.78 is 27.2. The lowest BCUT2D eigenvalue weighted by Crippen LogP contribution is -2.17. The molecular formula is C14H17FN3O3PS2. The molecule has 1 unspecified atom stereocenters. The van der Waals surface area contributed by atoms with Gasteiger partial charge in [-0.25, -0.2) is 14.4 Å². The van der Waals surface area contributed by atoms with Crippen molar-refractivity contribution in [1.82, 2.24) is 14.5 Å². The predicted molar refractivity (Wildman–Crippen MR) is 93.8 cm³/mol. The Labute approximate surface area is 148 Å². The van der Waals surface area contributed by atoms with E-state index in [2.05, 4.69) is 21.8 Å². The van der Waals surface area contributed by atoms with Crippen LogP contribution in [0.4, 0.5) is 4.39 Å². The molecule has 0 aliphatic carbocycles. The molecule has 4 heterocycles. The maximum Gasteiger partial charge on any atom is 0.173 e. The van der Waals surface area contributed by atoms with Crippen molar-refractivity contribution < 1.29 is 18.5 Å². The van der Waals surface area contributed by atoms with Crippen LogP contribution in [0.2, 0.25) is 0 Å².